The lowest BCUT2D eigenvalue weighted by Gasteiger charge is -2.01. The van der Waals surface area contributed by atoms with Crippen molar-refractivity contribution in [3.63, 3.8) is 0 Å². The van der Waals surface area contributed by atoms with Crippen LogP contribution < -0.4 is 5.73 Å². The molecule has 0 aliphatic carbocycles. The highest BCUT2D eigenvalue weighted by molar-refractivity contribution is 5.99. The first-order valence-corrected chi connectivity index (χ1v) is 5.74. The zero-order chi connectivity index (χ0) is 14.3. The summed E-state index contributed by atoms with van der Waals surface area (Å²) in [4.78, 5) is 16.0. The molecule has 3 heterocycles. The fourth-order valence-electron chi connectivity index (χ4n) is 1.99. The Morgan fingerprint density at radius 3 is 2.50 bits per heavy atom. The van der Waals surface area contributed by atoms with Gasteiger partial charge in [0.15, 0.2) is 5.82 Å². The van der Waals surface area contributed by atoms with Gasteiger partial charge in [0.05, 0.1) is 16.5 Å². The second kappa shape index (κ2) is 4.48. The average Bonchev–Trinajstić information content (AvgIpc) is 2.78. The van der Waals surface area contributed by atoms with E-state index in [9.17, 15) is 8.78 Å². The third kappa shape index (κ3) is 1.85. The van der Waals surface area contributed by atoms with Crippen LogP contribution in [0.5, 0.6) is 0 Å². The van der Waals surface area contributed by atoms with Crippen molar-refractivity contribution in [2.24, 2.45) is 7.05 Å². The van der Waals surface area contributed by atoms with Gasteiger partial charge >= 0.3 is 0 Å². The van der Waals surface area contributed by atoms with Crippen LogP contribution in [0.3, 0.4) is 0 Å². The summed E-state index contributed by atoms with van der Waals surface area (Å²) in [5, 5.41) is 0.611. The maximum absolute atomic E-state index is 12.5. The monoisotopic (exact) mass is 276 g/mol. The second-order valence-corrected chi connectivity index (χ2v) is 4.25. The number of aryl methyl sites for hydroxylation is 1. The fraction of sp³-hybridized carbons (Fsp3) is 0.167. The number of aromatic nitrogens is 5. The molecular formula is C12H10F2N6. The SMILES string of the molecule is Cn1cc(-c2ncc(C(F)F)cn2)c2c(N)ncnc21. The van der Waals surface area contributed by atoms with Gasteiger partial charge in [-0.2, -0.15) is 0 Å². The van der Waals surface area contributed by atoms with E-state index < -0.39 is 6.43 Å². The van der Waals surface area contributed by atoms with Gasteiger partial charge in [0.2, 0.25) is 0 Å². The third-order valence-electron chi connectivity index (χ3n) is 2.95. The lowest BCUT2D eigenvalue weighted by Crippen LogP contribution is -1.96. The van der Waals surface area contributed by atoms with Crippen LogP contribution in [0.25, 0.3) is 22.4 Å². The minimum Gasteiger partial charge on any atom is -0.383 e. The van der Waals surface area contributed by atoms with Gasteiger partial charge in [0.1, 0.15) is 17.8 Å². The largest absolute Gasteiger partial charge is 0.383 e. The highest BCUT2D eigenvalue weighted by Gasteiger charge is 2.16. The van der Waals surface area contributed by atoms with E-state index in [1.54, 1.807) is 17.8 Å². The van der Waals surface area contributed by atoms with E-state index in [-0.39, 0.29) is 5.56 Å². The van der Waals surface area contributed by atoms with Crippen LogP contribution in [-0.2, 0) is 7.05 Å². The summed E-state index contributed by atoms with van der Waals surface area (Å²) in [6, 6.07) is 0. The Kier molecular flexibility index (Phi) is 2.78. The molecule has 0 aliphatic rings. The number of nitrogens with two attached hydrogens (primary N) is 1. The lowest BCUT2D eigenvalue weighted by atomic mass is 10.2. The van der Waals surface area contributed by atoms with Crippen molar-refractivity contribution in [2.45, 2.75) is 6.43 Å². The van der Waals surface area contributed by atoms with Crippen molar-refractivity contribution in [2.75, 3.05) is 5.73 Å². The lowest BCUT2D eigenvalue weighted by molar-refractivity contribution is 0.150. The molecule has 0 saturated carbocycles. The highest BCUT2D eigenvalue weighted by atomic mass is 19.3. The number of halogens is 2. The van der Waals surface area contributed by atoms with E-state index in [4.69, 9.17) is 5.73 Å². The maximum atomic E-state index is 12.5. The molecule has 0 aliphatic heterocycles. The molecule has 0 radical (unpaired) electrons. The van der Waals surface area contributed by atoms with E-state index in [0.29, 0.717) is 28.2 Å². The van der Waals surface area contributed by atoms with Gasteiger partial charge in [0.25, 0.3) is 6.43 Å². The zero-order valence-electron chi connectivity index (χ0n) is 10.5. The molecule has 6 nitrogen and oxygen atoms in total. The van der Waals surface area contributed by atoms with Gasteiger partial charge in [0, 0.05) is 25.6 Å². The standard InChI is InChI=1S/C12H10F2N6/c1-20-4-7(8-10(15)18-5-19-12(8)20)11-16-2-6(3-17-11)9(13)14/h2-5,9H,1H3,(H2,15,18,19). The Morgan fingerprint density at radius 2 is 1.85 bits per heavy atom. The number of nitrogen functional groups attached to an aromatic ring is 1. The van der Waals surface area contributed by atoms with Gasteiger partial charge in [-0.15, -0.1) is 0 Å². The summed E-state index contributed by atoms with van der Waals surface area (Å²) in [6.45, 7) is 0. The summed E-state index contributed by atoms with van der Waals surface area (Å²) >= 11 is 0. The predicted octanol–water partition coefficient (Wildman–Crippen LogP) is 1.95. The quantitative estimate of drug-likeness (QED) is 0.773. The summed E-state index contributed by atoms with van der Waals surface area (Å²) in [5.74, 6) is 0.605. The molecule has 102 valence electrons. The summed E-state index contributed by atoms with van der Waals surface area (Å²) in [6.07, 6.45) is 2.72. The van der Waals surface area contributed by atoms with E-state index in [0.717, 1.165) is 12.4 Å². The van der Waals surface area contributed by atoms with E-state index in [1.165, 1.54) is 6.33 Å². The normalized spacial score (nSPS) is 11.4. The predicted molar refractivity (Wildman–Crippen MR) is 68.9 cm³/mol. The van der Waals surface area contributed by atoms with Gasteiger partial charge in [-0.1, -0.05) is 0 Å². The molecular weight excluding hydrogens is 266 g/mol. The van der Waals surface area contributed by atoms with Gasteiger partial charge in [-0.3, -0.25) is 0 Å². The minimum atomic E-state index is -2.59. The number of nitrogens with zero attached hydrogens (tertiary/aromatic N) is 5. The highest BCUT2D eigenvalue weighted by Crippen LogP contribution is 2.30. The molecule has 0 atom stereocenters. The molecule has 0 fully saturated rings. The molecule has 0 bridgehead atoms. The molecule has 20 heavy (non-hydrogen) atoms. The van der Waals surface area contributed by atoms with E-state index in [1.807, 2.05) is 0 Å². The minimum absolute atomic E-state index is 0.224. The molecule has 2 N–H and O–H groups in total. The Hall–Kier alpha value is -2.64. The fourth-order valence-corrected chi connectivity index (χ4v) is 1.99. The molecule has 0 spiro atoms. The number of rotatable bonds is 2. The Morgan fingerprint density at radius 1 is 1.15 bits per heavy atom. The Labute approximate surface area is 112 Å². The zero-order valence-corrected chi connectivity index (χ0v) is 10.5. The molecule has 0 amide bonds. The Bertz CT molecular complexity index is 765. The van der Waals surface area contributed by atoms with Crippen molar-refractivity contribution in [1.82, 2.24) is 24.5 Å². The van der Waals surface area contributed by atoms with Crippen molar-refractivity contribution in [3.05, 3.63) is 30.5 Å². The van der Waals surface area contributed by atoms with Gasteiger partial charge in [-0.25, -0.2) is 28.7 Å². The number of alkyl halides is 2. The topological polar surface area (TPSA) is 82.5 Å². The number of anilines is 1. The van der Waals surface area contributed by atoms with Gasteiger partial charge < -0.3 is 10.3 Å². The van der Waals surface area contributed by atoms with Gasteiger partial charge in [-0.05, 0) is 0 Å². The number of fused-ring (bicyclic) bond motifs is 1. The Balaban J connectivity index is 2.19. The van der Waals surface area contributed by atoms with Crippen LogP contribution in [0.1, 0.15) is 12.0 Å². The van der Waals surface area contributed by atoms with Crippen molar-refractivity contribution < 1.29 is 8.78 Å². The first-order chi connectivity index (χ1) is 9.58. The second-order valence-electron chi connectivity index (χ2n) is 4.25. The molecule has 3 aromatic heterocycles. The van der Waals surface area contributed by atoms with Crippen LogP contribution in [0.15, 0.2) is 24.9 Å². The van der Waals surface area contributed by atoms with E-state index in [2.05, 4.69) is 19.9 Å². The van der Waals surface area contributed by atoms with Crippen LogP contribution in [0, 0.1) is 0 Å². The molecule has 3 rings (SSSR count). The van der Waals surface area contributed by atoms with Crippen LogP contribution in [-0.4, -0.2) is 24.5 Å². The molecule has 8 heteroatoms. The average molecular weight is 276 g/mol. The molecule has 0 unspecified atom stereocenters. The molecule has 0 saturated heterocycles. The molecule has 3 aromatic rings. The smallest absolute Gasteiger partial charge is 0.266 e. The summed E-state index contributed by atoms with van der Waals surface area (Å²) in [7, 11) is 1.80. The first kappa shape index (κ1) is 12.4. The van der Waals surface area contributed by atoms with Crippen molar-refractivity contribution >= 4 is 16.9 Å². The van der Waals surface area contributed by atoms with Crippen molar-refractivity contribution in [1.29, 1.82) is 0 Å². The van der Waals surface area contributed by atoms with Crippen molar-refractivity contribution in [3.8, 4) is 11.4 Å². The summed E-state index contributed by atoms with van der Waals surface area (Å²) in [5.41, 5.74) is 6.87. The maximum Gasteiger partial charge on any atom is 0.266 e. The summed E-state index contributed by atoms with van der Waals surface area (Å²) < 4.78 is 26.8. The van der Waals surface area contributed by atoms with Crippen LogP contribution >= 0.6 is 0 Å². The first-order valence-electron chi connectivity index (χ1n) is 5.74. The third-order valence-corrected chi connectivity index (χ3v) is 2.95. The van der Waals surface area contributed by atoms with Crippen LogP contribution in [0.4, 0.5) is 14.6 Å². The number of hydrogen-bond acceptors (Lipinski definition) is 5. The van der Waals surface area contributed by atoms with E-state index >= 15 is 0 Å². The van der Waals surface area contributed by atoms with Crippen LogP contribution in [0.2, 0.25) is 0 Å². The molecule has 0 aromatic carbocycles. The number of hydrogen-bond donors (Lipinski definition) is 1.